The summed E-state index contributed by atoms with van der Waals surface area (Å²) in [5.41, 5.74) is 0. The quantitative estimate of drug-likeness (QED) is 0.925. The van der Waals surface area contributed by atoms with Crippen LogP contribution in [0.15, 0.2) is 41.6 Å². The van der Waals surface area contributed by atoms with E-state index in [9.17, 15) is 12.8 Å². The Labute approximate surface area is 116 Å². The van der Waals surface area contributed by atoms with Crippen molar-refractivity contribution >= 4 is 21.7 Å². The maximum atomic E-state index is 12.8. The van der Waals surface area contributed by atoms with Gasteiger partial charge < -0.3 is 4.90 Å². The first kappa shape index (κ1) is 14.2. The van der Waals surface area contributed by atoms with Crippen molar-refractivity contribution in [1.82, 2.24) is 9.97 Å². The molecule has 0 aliphatic carbocycles. The Hall–Kier alpha value is -2.22. The third-order valence-corrected chi connectivity index (χ3v) is 3.84. The van der Waals surface area contributed by atoms with Crippen LogP contribution in [-0.2, 0) is 10.0 Å². The van der Waals surface area contributed by atoms with Crippen LogP contribution >= 0.6 is 0 Å². The van der Waals surface area contributed by atoms with E-state index < -0.39 is 15.8 Å². The molecule has 2 rings (SSSR count). The van der Waals surface area contributed by atoms with Gasteiger partial charge in [-0.2, -0.15) is 0 Å². The lowest BCUT2D eigenvalue weighted by Crippen LogP contribution is -2.16. The average Bonchev–Trinajstić information content (AvgIpc) is 2.39. The highest BCUT2D eigenvalue weighted by Crippen LogP contribution is 2.17. The topological polar surface area (TPSA) is 75.2 Å². The third-order valence-electron chi connectivity index (χ3n) is 2.47. The van der Waals surface area contributed by atoms with Gasteiger partial charge in [-0.15, -0.1) is 0 Å². The van der Waals surface area contributed by atoms with Crippen molar-refractivity contribution in [2.75, 3.05) is 23.7 Å². The van der Waals surface area contributed by atoms with Crippen LogP contribution in [0.5, 0.6) is 0 Å². The molecule has 20 heavy (non-hydrogen) atoms. The molecule has 0 bridgehead atoms. The summed E-state index contributed by atoms with van der Waals surface area (Å²) < 4.78 is 39.3. The summed E-state index contributed by atoms with van der Waals surface area (Å²) in [7, 11) is -0.241. The molecule has 106 valence electrons. The summed E-state index contributed by atoms with van der Waals surface area (Å²) in [6.07, 6.45) is 1.26. The molecule has 1 aromatic heterocycles. The number of benzene rings is 1. The number of halogens is 1. The highest BCUT2D eigenvalue weighted by Gasteiger charge is 2.15. The highest BCUT2D eigenvalue weighted by atomic mass is 32.2. The zero-order chi connectivity index (χ0) is 14.8. The lowest BCUT2D eigenvalue weighted by Gasteiger charge is -2.12. The van der Waals surface area contributed by atoms with Gasteiger partial charge in [-0.05, 0) is 24.3 Å². The van der Waals surface area contributed by atoms with Gasteiger partial charge in [0.1, 0.15) is 23.8 Å². The van der Waals surface area contributed by atoms with Gasteiger partial charge in [-0.3, -0.25) is 4.72 Å². The lowest BCUT2D eigenvalue weighted by atomic mass is 10.4. The van der Waals surface area contributed by atoms with Crippen molar-refractivity contribution in [3.8, 4) is 0 Å². The van der Waals surface area contributed by atoms with Crippen LogP contribution in [0, 0.1) is 5.82 Å². The Bertz CT molecular complexity index is 702. The Balaban J connectivity index is 2.28. The number of nitrogens with one attached hydrogen (secondary N) is 1. The van der Waals surface area contributed by atoms with Crippen LogP contribution in [0.4, 0.5) is 16.0 Å². The summed E-state index contributed by atoms with van der Waals surface area (Å²) in [6, 6.07) is 6.04. The van der Waals surface area contributed by atoms with E-state index in [4.69, 9.17) is 0 Å². The van der Waals surface area contributed by atoms with Crippen molar-refractivity contribution in [3.63, 3.8) is 0 Å². The molecule has 0 amide bonds. The summed E-state index contributed by atoms with van der Waals surface area (Å²) in [5.74, 6) is 0.214. The fourth-order valence-corrected chi connectivity index (χ4v) is 2.46. The predicted molar refractivity (Wildman–Crippen MR) is 73.6 cm³/mol. The molecule has 6 nitrogen and oxygen atoms in total. The minimum absolute atomic E-state index is 0.0380. The van der Waals surface area contributed by atoms with Crippen molar-refractivity contribution in [2.45, 2.75) is 4.90 Å². The maximum Gasteiger partial charge on any atom is 0.263 e. The van der Waals surface area contributed by atoms with Crippen LogP contribution in [0.1, 0.15) is 0 Å². The van der Waals surface area contributed by atoms with E-state index in [1.807, 2.05) is 0 Å². The number of rotatable bonds is 4. The third kappa shape index (κ3) is 3.21. The van der Waals surface area contributed by atoms with Gasteiger partial charge in [0, 0.05) is 20.2 Å². The van der Waals surface area contributed by atoms with Gasteiger partial charge in [-0.1, -0.05) is 0 Å². The lowest BCUT2D eigenvalue weighted by molar-refractivity contribution is 0.599. The SMILES string of the molecule is CN(C)c1cc(NS(=O)(=O)c2ccc(F)cc2)ncn1. The van der Waals surface area contributed by atoms with Crippen molar-refractivity contribution in [2.24, 2.45) is 0 Å². The second-order valence-corrected chi connectivity index (χ2v) is 5.90. The summed E-state index contributed by atoms with van der Waals surface area (Å²) in [4.78, 5) is 9.51. The van der Waals surface area contributed by atoms with E-state index in [0.29, 0.717) is 5.82 Å². The van der Waals surface area contributed by atoms with E-state index in [1.165, 1.54) is 24.5 Å². The van der Waals surface area contributed by atoms with Gasteiger partial charge in [0.05, 0.1) is 4.90 Å². The van der Waals surface area contributed by atoms with Crippen molar-refractivity contribution < 1.29 is 12.8 Å². The van der Waals surface area contributed by atoms with Crippen molar-refractivity contribution in [3.05, 3.63) is 42.5 Å². The standard InChI is InChI=1S/C12H13FN4O2S/c1-17(2)12-7-11(14-8-15-12)16-20(18,19)10-5-3-9(13)4-6-10/h3-8H,1-2H3,(H,14,15,16). The van der Waals surface area contributed by atoms with E-state index in [-0.39, 0.29) is 10.7 Å². The molecule has 0 aliphatic rings. The number of anilines is 2. The average molecular weight is 296 g/mol. The highest BCUT2D eigenvalue weighted by molar-refractivity contribution is 7.92. The molecule has 0 atom stereocenters. The first-order valence-electron chi connectivity index (χ1n) is 5.66. The Morgan fingerprint density at radius 3 is 2.40 bits per heavy atom. The van der Waals surface area contributed by atoms with Gasteiger partial charge in [0.25, 0.3) is 10.0 Å². The minimum atomic E-state index is -3.80. The van der Waals surface area contributed by atoms with Gasteiger partial charge in [0.2, 0.25) is 0 Å². The van der Waals surface area contributed by atoms with E-state index in [1.54, 1.807) is 19.0 Å². The number of hydrogen-bond donors (Lipinski definition) is 1. The number of aromatic nitrogens is 2. The zero-order valence-corrected chi connectivity index (χ0v) is 11.7. The molecular formula is C12H13FN4O2S. The molecule has 0 unspecified atom stereocenters. The first-order valence-corrected chi connectivity index (χ1v) is 7.14. The first-order chi connectivity index (χ1) is 9.38. The monoisotopic (exact) mass is 296 g/mol. The zero-order valence-electron chi connectivity index (χ0n) is 10.9. The molecule has 0 fully saturated rings. The number of sulfonamides is 1. The van der Waals surface area contributed by atoms with Crippen molar-refractivity contribution in [1.29, 1.82) is 0 Å². The number of nitrogens with zero attached hydrogens (tertiary/aromatic N) is 3. The van der Waals surface area contributed by atoms with Crippen LogP contribution in [0.3, 0.4) is 0 Å². The molecule has 1 heterocycles. The largest absolute Gasteiger partial charge is 0.363 e. The fourth-order valence-electron chi connectivity index (χ4n) is 1.46. The summed E-state index contributed by atoms with van der Waals surface area (Å²) >= 11 is 0. The van der Waals surface area contributed by atoms with Crippen LogP contribution in [-0.4, -0.2) is 32.5 Å². The van der Waals surface area contributed by atoms with E-state index >= 15 is 0 Å². The second-order valence-electron chi connectivity index (χ2n) is 4.22. The fraction of sp³-hybridized carbons (Fsp3) is 0.167. The van der Waals surface area contributed by atoms with E-state index in [2.05, 4.69) is 14.7 Å². The molecule has 0 spiro atoms. The predicted octanol–water partition coefficient (Wildman–Crippen LogP) is 1.48. The molecule has 8 heteroatoms. The minimum Gasteiger partial charge on any atom is -0.363 e. The molecule has 1 N–H and O–H groups in total. The van der Waals surface area contributed by atoms with E-state index in [0.717, 1.165) is 12.1 Å². The molecule has 1 aromatic carbocycles. The molecular weight excluding hydrogens is 283 g/mol. The summed E-state index contributed by atoms with van der Waals surface area (Å²) in [6.45, 7) is 0. The Morgan fingerprint density at radius 1 is 1.15 bits per heavy atom. The molecule has 0 aliphatic heterocycles. The molecule has 2 aromatic rings. The normalized spacial score (nSPS) is 11.2. The number of hydrogen-bond acceptors (Lipinski definition) is 5. The molecule has 0 radical (unpaired) electrons. The summed E-state index contributed by atoms with van der Waals surface area (Å²) in [5, 5.41) is 0. The van der Waals surface area contributed by atoms with Gasteiger partial charge in [0.15, 0.2) is 0 Å². The maximum absolute atomic E-state index is 12.8. The second kappa shape index (κ2) is 5.41. The van der Waals surface area contributed by atoms with Gasteiger partial charge >= 0.3 is 0 Å². The molecule has 0 saturated heterocycles. The van der Waals surface area contributed by atoms with Crippen LogP contribution in [0.2, 0.25) is 0 Å². The Kier molecular flexibility index (Phi) is 3.84. The Morgan fingerprint density at radius 2 is 1.80 bits per heavy atom. The smallest absolute Gasteiger partial charge is 0.263 e. The van der Waals surface area contributed by atoms with Gasteiger partial charge in [-0.25, -0.2) is 22.8 Å². The van der Waals surface area contributed by atoms with Crippen LogP contribution < -0.4 is 9.62 Å². The van der Waals surface area contributed by atoms with Crippen LogP contribution in [0.25, 0.3) is 0 Å². The molecule has 0 saturated carbocycles.